The molecule has 0 aliphatic rings. The molecule has 4 heteroatoms. The maximum atomic E-state index is 10.9. The van der Waals surface area contributed by atoms with Gasteiger partial charge in [-0.3, -0.25) is 9.79 Å². The molecule has 4 nitrogen and oxygen atoms in total. The molecule has 0 fully saturated rings. The topological polar surface area (TPSA) is 62.5 Å². The molecule has 0 saturated carbocycles. The van der Waals surface area contributed by atoms with Gasteiger partial charge in [0.1, 0.15) is 12.1 Å². The van der Waals surface area contributed by atoms with Gasteiger partial charge in [0.05, 0.1) is 11.8 Å². The van der Waals surface area contributed by atoms with Crippen LogP contribution in [0.2, 0.25) is 0 Å². The minimum absolute atomic E-state index is 0.321. The number of carbonyl (C=O) groups is 1. The quantitative estimate of drug-likeness (QED) is 0.426. The van der Waals surface area contributed by atoms with Crippen LogP contribution in [-0.2, 0) is 9.53 Å². The van der Waals surface area contributed by atoms with Gasteiger partial charge in [0.2, 0.25) is 0 Å². The summed E-state index contributed by atoms with van der Waals surface area (Å²) in [6.07, 6.45) is 3.73. The smallest absolute Gasteiger partial charge is 0.303 e. The van der Waals surface area contributed by atoms with Crippen molar-refractivity contribution in [3.63, 3.8) is 0 Å². The summed E-state index contributed by atoms with van der Waals surface area (Å²) in [6, 6.07) is 21.4. The van der Waals surface area contributed by atoms with Gasteiger partial charge >= 0.3 is 5.97 Å². The van der Waals surface area contributed by atoms with Gasteiger partial charge in [-0.15, -0.1) is 0 Å². The Labute approximate surface area is 154 Å². The van der Waals surface area contributed by atoms with Crippen LogP contribution in [0.4, 0.5) is 0 Å². The highest BCUT2D eigenvalue weighted by Gasteiger charge is 2.11. The normalized spacial score (nSPS) is 12.8. The van der Waals surface area contributed by atoms with Crippen molar-refractivity contribution in [2.24, 2.45) is 4.99 Å². The summed E-state index contributed by atoms with van der Waals surface area (Å²) in [4.78, 5) is 15.6. The molecule has 0 radical (unpaired) electrons. The first-order valence-corrected chi connectivity index (χ1v) is 8.52. The van der Waals surface area contributed by atoms with Gasteiger partial charge < -0.3 is 4.74 Å². The molecule has 2 rings (SSSR count). The number of carbonyl (C=O) groups excluding carboxylic acids is 1. The number of esters is 1. The number of ether oxygens (including phenoxy) is 1. The first-order chi connectivity index (χ1) is 12.6. The van der Waals surface area contributed by atoms with Crippen LogP contribution in [0, 0.1) is 11.3 Å². The van der Waals surface area contributed by atoms with Gasteiger partial charge in [0, 0.05) is 24.5 Å². The molecule has 132 valence electrons. The zero-order chi connectivity index (χ0) is 18.8. The molecule has 0 N–H and O–H groups in total. The zero-order valence-electron chi connectivity index (χ0n) is 15.0. The summed E-state index contributed by atoms with van der Waals surface area (Å²) >= 11 is 0. The fourth-order valence-electron chi connectivity index (χ4n) is 2.50. The first kappa shape index (κ1) is 19.1. The Balaban J connectivity index is 2.23. The second-order valence-electron chi connectivity index (χ2n) is 5.83. The maximum Gasteiger partial charge on any atom is 0.303 e. The summed E-state index contributed by atoms with van der Waals surface area (Å²) in [5.41, 5.74) is 2.73. The molecule has 0 saturated heterocycles. The molecule has 2 aromatic rings. The number of aliphatic imine (C=N–C) groups is 1. The molecule has 0 amide bonds. The Morgan fingerprint density at radius 2 is 1.65 bits per heavy atom. The maximum absolute atomic E-state index is 10.9. The number of rotatable bonds is 7. The van der Waals surface area contributed by atoms with Crippen LogP contribution in [0.3, 0.4) is 0 Å². The van der Waals surface area contributed by atoms with E-state index in [1.54, 1.807) is 13.0 Å². The lowest BCUT2D eigenvalue weighted by molar-refractivity contribution is -0.143. The fourth-order valence-corrected chi connectivity index (χ4v) is 2.50. The van der Waals surface area contributed by atoms with E-state index in [-0.39, 0.29) is 12.1 Å². The number of hydrogen-bond donors (Lipinski definition) is 0. The van der Waals surface area contributed by atoms with Crippen LogP contribution in [0.5, 0.6) is 0 Å². The van der Waals surface area contributed by atoms with Crippen LogP contribution in [0.15, 0.2) is 77.8 Å². The van der Waals surface area contributed by atoms with Crippen LogP contribution in [0.1, 0.15) is 31.4 Å². The standard InChI is InChI=1S/C22H22N2O2/c1-17(26-18(2)25)10-9-15-21(16-23)24-22(19-11-5-3-6-12-19)20-13-7-4-8-14-20/h3-14,17,21H,15H2,1-2H3/b10-9+/t17-,21?/m0/s1. The molecule has 0 bridgehead atoms. The van der Waals surface area contributed by atoms with E-state index in [1.807, 2.05) is 66.7 Å². The predicted molar refractivity (Wildman–Crippen MR) is 103 cm³/mol. The molecule has 0 heterocycles. The minimum Gasteiger partial charge on any atom is -0.459 e. The van der Waals surface area contributed by atoms with Crippen molar-refractivity contribution >= 4 is 11.7 Å². The number of benzene rings is 2. The third-order valence-electron chi connectivity index (χ3n) is 3.65. The monoisotopic (exact) mass is 346 g/mol. The van der Waals surface area contributed by atoms with Crippen molar-refractivity contribution < 1.29 is 9.53 Å². The highest BCUT2D eigenvalue weighted by Crippen LogP contribution is 2.13. The van der Waals surface area contributed by atoms with Gasteiger partial charge in [0.15, 0.2) is 0 Å². The summed E-state index contributed by atoms with van der Waals surface area (Å²) in [6.45, 7) is 3.15. The zero-order valence-corrected chi connectivity index (χ0v) is 15.0. The number of nitriles is 1. The second-order valence-corrected chi connectivity index (χ2v) is 5.83. The molecule has 1 unspecified atom stereocenters. The van der Waals surface area contributed by atoms with Crippen LogP contribution in [0.25, 0.3) is 0 Å². The lowest BCUT2D eigenvalue weighted by atomic mass is 10.0. The molecule has 0 aromatic heterocycles. The van der Waals surface area contributed by atoms with Gasteiger partial charge in [-0.2, -0.15) is 5.26 Å². The molecule has 26 heavy (non-hydrogen) atoms. The molecule has 2 aromatic carbocycles. The third kappa shape index (κ3) is 6.03. The Morgan fingerprint density at radius 1 is 1.12 bits per heavy atom. The van der Waals surface area contributed by atoms with Gasteiger partial charge in [0.25, 0.3) is 0 Å². The van der Waals surface area contributed by atoms with Crippen molar-refractivity contribution in [1.82, 2.24) is 0 Å². The molecular formula is C22H22N2O2. The van der Waals surface area contributed by atoms with Crippen LogP contribution in [-0.4, -0.2) is 23.8 Å². The highest BCUT2D eigenvalue weighted by atomic mass is 16.5. The van der Waals surface area contributed by atoms with Crippen LogP contribution >= 0.6 is 0 Å². The van der Waals surface area contributed by atoms with E-state index in [0.29, 0.717) is 6.42 Å². The Bertz CT molecular complexity index is 764. The minimum atomic E-state index is -0.522. The summed E-state index contributed by atoms with van der Waals surface area (Å²) in [5, 5.41) is 9.50. The van der Waals surface area contributed by atoms with E-state index >= 15 is 0 Å². The van der Waals surface area contributed by atoms with E-state index in [4.69, 9.17) is 4.74 Å². The van der Waals surface area contributed by atoms with Gasteiger partial charge in [-0.25, -0.2) is 0 Å². The second kappa shape index (κ2) is 9.95. The highest BCUT2D eigenvalue weighted by molar-refractivity contribution is 6.13. The van der Waals surface area contributed by atoms with Gasteiger partial charge in [-0.1, -0.05) is 66.7 Å². The lowest BCUT2D eigenvalue weighted by Crippen LogP contribution is -2.11. The predicted octanol–water partition coefficient (Wildman–Crippen LogP) is 4.31. The lowest BCUT2D eigenvalue weighted by Gasteiger charge is -2.10. The summed E-state index contributed by atoms with van der Waals surface area (Å²) in [7, 11) is 0. The molecule has 0 aliphatic carbocycles. The van der Waals surface area contributed by atoms with E-state index < -0.39 is 6.04 Å². The average molecular weight is 346 g/mol. The Kier molecular flexibility index (Phi) is 7.32. The Morgan fingerprint density at radius 3 is 2.12 bits per heavy atom. The van der Waals surface area contributed by atoms with Crippen molar-refractivity contribution in [3.8, 4) is 6.07 Å². The summed E-state index contributed by atoms with van der Waals surface area (Å²) in [5.74, 6) is -0.326. The SMILES string of the molecule is CC(=O)O[C@@H](C)/C=C/CC(C#N)N=C(c1ccccc1)c1ccccc1. The molecule has 2 atom stereocenters. The largest absolute Gasteiger partial charge is 0.459 e. The number of hydrogen-bond acceptors (Lipinski definition) is 4. The van der Waals surface area contributed by atoms with Crippen molar-refractivity contribution in [3.05, 3.63) is 83.9 Å². The van der Waals surface area contributed by atoms with Crippen molar-refractivity contribution in [1.29, 1.82) is 5.26 Å². The number of nitrogens with zero attached hydrogens (tertiary/aromatic N) is 2. The van der Waals surface area contributed by atoms with E-state index in [2.05, 4.69) is 11.1 Å². The van der Waals surface area contributed by atoms with E-state index in [9.17, 15) is 10.1 Å². The van der Waals surface area contributed by atoms with E-state index in [1.165, 1.54) is 6.92 Å². The molecular weight excluding hydrogens is 324 g/mol. The fraction of sp³-hybridized carbons (Fsp3) is 0.227. The Hall–Kier alpha value is -3.19. The van der Waals surface area contributed by atoms with Crippen molar-refractivity contribution in [2.45, 2.75) is 32.4 Å². The molecule has 0 spiro atoms. The van der Waals surface area contributed by atoms with Crippen molar-refractivity contribution in [2.75, 3.05) is 0 Å². The van der Waals surface area contributed by atoms with Gasteiger partial charge in [-0.05, 0) is 13.0 Å². The average Bonchev–Trinajstić information content (AvgIpc) is 2.65. The summed E-state index contributed by atoms with van der Waals surface area (Å²) < 4.78 is 5.04. The molecule has 0 aliphatic heterocycles. The third-order valence-corrected chi connectivity index (χ3v) is 3.65. The van der Waals surface area contributed by atoms with E-state index in [0.717, 1.165) is 16.8 Å². The van der Waals surface area contributed by atoms with Crippen LogP contribution < -0.4 is 0 Å². The first-order valence-electron chi connectivity index (χ1n) is 8.52.